The lowest BCUT2D eigenvalue weighted by Crippen LogP contribution is -2.12. The van der Waals surface area contributed by atoms with Gasteiger partial charge in [-0.3, -0.25) is 9.78 Å². The first kappa shape index (κ1) is 21.5. The van der Waals surface area contributed by atoms with Crippen LogP contribution in [0.4, 0.5) is 5.69 Å². The van der Waals surface area contributed by atoms with Gasteiger partial charge in [-0.2, -0.15) is 9.61 Å². The summed E-state index contributed by atoms with van der Waals surface area (Å²) in [5.41, 5.74) is 6.40. The minimum atomic E-state index is -0.0149. The van der Waals surface area contributed by atoms with Gasteiger partial charge in [0.15, 0.2) is 11.5 Å². The molecule has 0 fully saturated rings. The number of carbonyl (C=O) groups is 1. The van der Waals surface area contributed by atoms with Crippen LogP contribution in [0.1, 0.15) is 24.5 Å². The zero-order chi connectivity index (χ0) is 23.3. The van der Waals surface area contributed by atoms with E-state index in [0.29, 0.717) is 24.3 Å². The maximum Gasteiger partial charge on any atom is 0.224 e. The summed E-state index contributed by atoms with van der Waals surface area (Å²) in [6.07, 6.45) is 5.58. The third-order valence-corrected chi connectivity index (χ3v) is 5.72. The Bertz CT molecular complexity index is 1430. The second-order valence-corrected chi connectivity index (χ2v) is 8.05. The predicted octanol–water partition coefficient (Wildman–Crippen LogP) is 4.99. The lowest BCUT2D eigenvalue weighted by Gasteiger charge is -2.08. The lowest BCUT2D eigenvalue weighted by molar-refractivity contribution is -0.116. The molecule has 5 aromatic rings. The average Bonchev–Trinajstić information content (AvgIpc) is 3.32. The number of aromatic nitrogens is 5. The van der Waals surface area contributed by atoms with E-state index in [4.69, 9.17) is 5.10 Å². The summed E-state index contributed by atoms with van der Waals surface area (Å²) >= 11 is 0. The highest BCUT2D eigenvalue weighted by atomic mass is 16.1. The molecule has 2 aromatic carbocycles. The number of anilines is 1. The van der Waals surface area contributed by atoms with Crippen LogP contribution in [0.15, 0.2) is 85.2 Å². The number of aryl methyl sites for hydroxylation is 2. The Morgan fingerprint density at radius 3 is 2.47 bits per heavy atom. The van der Waals surface area contributed by atoms with Crippen LogP contribution in [0.2, 0.25) is 0 Å². The van der Waals surface area contributed by atoms with E-state index in [2.05, 4.69) is 51.7 Å². The molecule has 7 heteroatoms. The number of amides is 1. The van der Waals surface area contributed by atoms with Crippen molar-refractivity contribution >= 4 is 17.2 Å². The highest BCUT2D eigenvalue weighted by molar-refractivity contribution is 5.91. The first-order valence-corrected chi connectivity index (χ1v) is 11.3. The minimum absolute atomic E-state index is 0.0149. The molecule has 3 aromatic heterocycles. The summed E-state index contributed by atoms with van der Waals surface area (Å²) in [4.78, 5) is 16.6. The van der Waals surface area contributed by atoms with Crippen molar-refractivity contribution in [1.29, 1.82) is 0 Å². The molecule has 0 aliphatic carbocycles. The van der Waals surface area contributed by atoms with Gasteiger partial charge in [-0.25, -0.2) is 0 Å². The first-order valence-electron chi connectivity index (χ1n) is 11.3. The summed E-state index contributed by atoms with van der Waals surface area (Å²) in [5, 5.41) is 16.3. The van der Waals surface area contributed by atoms with E-state index >= 15 is 0 Å². The van der Waals surface area contributed by atoms with Gasteiger partial charge in [0.25, 0.3) is 0 Å². The molecule has 1 amide bonds. The van der Waals surface area contributed by atoms with Crippen LogP contribution >= 0.6 is 0 Å². The van der Waals surface area contributed by atoms with Gasteiger partial charge in [-0.15, -0.1) is 10.2 Å². The van der Waals surface area contributed by atoms with Gasteiger partial charge >= 0.3 is 0 Å². The normalized spacial score (nSPS) is 11.0. The number of hydrogen-bond acceptors (Lipinski definition) is 5. The molecule has 0 aliphatic heterocycles. The van der Waals surface area contributed by atoms with E-state index < -0.39 is 0 Å². The van der Waals surface area contributed by atoms with E-state index in [1.807, 2.05) is 48.5 Å². The predicted molar refractivity (Wildman–Crippen MR) is 132 cm³/mol. The molecule has 0 saturated carbocycles. The van der Waals surface area contributed by atoms with Crippen LogP contribution < -0.4 is 5.32 Å². The third kappa shape index (κ3) is 4.68. The van der Waals surface area contributed by atoms with E-state index in [9.17, 15) is 4.79 Å². The van der Waals surface area contributed by atoms with Crippen molar-refractivity contribution in [2.45, 2.75) is 26.2 Å². The number of carbonyl (C=O) groups excluding carboxylic acids is 1. The highest BCUT2D eigenvalue weighted by Gasteiger charge is 2.11. The molecule has 0 saturated heterocycles. The second-order valence-electron chi connectivity index (χ2n) is 8.05. The Labute approximate surface area is 197 Å². The number of rotatable bonds is 7. The van der Waals surface area contributed by atoms with Crippen LogP contribution in [-0.4, -0.2) is 30.7 Å². The summed E-state index contributed by atoms with van der Waals surface area (Å²) in [5.74, 6) is 0.634. The number of benzene rings is 2. The number of nitrogens with one attached hydrogen (secondary N) is 1. The van der Waals surface area contributed by atoms with Gasteiger partial charge in [0, 0.05) is 35.6 Å². The molecule has 0 unspecified atom stereocenters. The first-order chi connectivity index (χ1) is 16.7. The minimum Gasteiger partial charge on any atom is -0.326 e. The van der Waals surface area contributed by atoms with Crippen LogP contribution in [0.25, 0.3) is 28.3 Å². The fraction of sp³-hybridized carbons (Fsp3) is 0.148. The molecular formula is C27H24N6O. The van der Waals surface area contributed by atoms with Crippen molar-refractivity contribution < 1.29 is 4.79 Å². The number of hydrogen-bond donors (Lipinski definition) is 1. The van der Waals surface area contributed by atoms with Crippen molar-refractivity contribution in [1.82, 2.24) is 24.8 Å². The molecule has 34 heavy (non-hydrogen) atoms. The lowest BCUT2D eigenvalue weighted by atomic mass is 10.1. The van der Waals surface area contributed by atoms with E-state index in [1.165, 1.54) is 5.56 Å². The maximum atomic E-state index is 12.5. The molecule has 3 heterocycles. The second kappa shape index (κ2) is 9.62. The Morgan fingerprint density at radius 2 is 1.68 bits per heavy atom. The van der Waals surface area contributed by atoms with Crippen molar-refractivity contribution in [3.63, 3.8) is 0 Å². The summed E-state index contributed by atoms with van der Waals surface area (Å²) in [6.45, 7) is 2.14. The topological polar surface area (TPSA) is 85.1 Å². The molecule has 0 radical (unpaired) electrons. The molecule has 5 rings (SSSR count). The molecule has 168 valence electrons. The molecule has 0 aliphatic rings. The Hall–Kier alpha value is -4.39. The van der Waals surface area contributed by atoms with Crippen LogP contribution in [-0.2, 0) is 17.6 Å². The van der Waals surface area contributed by atoms with Crippen molar-refractivity contribution in [3.05, 3.63) is 96.3 Å². The molecular weight excluding hydrogens is 424 g/mol. The van der Waals surface area contributed by atoms with Crippen molar-refractivity contribution in [2.24, 2.45) is 0 Å². The fourth-order valence-electron chi connectivity index (χ4n) is 3.80. The largest absolute Gasteiger partial charge is 0.326 e. The summed E-state index contributed by atoms with van der Waals surface area (Å²) < 4.78 is 1.72. The van der Waals surface area contributed by atoms with Crippen LogP contribution in [0, 0.1) is 0 Å². The Kier molecular flexibility index (Phi) is 6.07. The van der Waals surface area contributed by atoms with Crippen LogP contribution in [0.3, 0.4) is 0 Å². The standard InChI is InChI=1S/C27H24N6O/c1-2-19-6-8-20(9-7-19)10-13-26(34)29-23-5-3-4-22(18-23)24-11-12-25-30-31-27(33(25)32-24)21-14-16-28-17-15-21/h3-9,11-12,14-18H,2,10,13H2,1H3,(H,29,34). The van der Waals surface area contributed by atoms with Gasteiger partial charge in [-0.05, 0) is 60.4 Å². The molecule has 0 bridgehead atoms. The molecule has 0 atom stereocenters. The smallest absolute Gasteiger partial charge is 0.224 e. The summed E-state index contributed by atoms with van der Waals surface area (Å²) in [6, 6.07) is 23.7. The third-order valence-electron chi connectivity index (χ3n) is 5.72. The van der Waals surface area contributed by atoms with E-state index in [1.54, 1.807) is 16.9 Å². The molecule has 0 spiro atoms. The monoisotopic (exact) mass is 448 g/mol. The SMILES string of the molecule is CCc1ccc(CCC(=O)Nc2cccc(-c3ccc4nnc(-c5ccncc5)n4n3)c2)cc1. The average molecular weight is 449 g/mol. The zero-order valence-corrected chi connectivity index (χ0v) is 18.8. The Balaban J connectivity index is 1.32. The number of fused-ring (bicyclic) bond motifs is 1. The quantitative estimate of drug-likeness (QED) is 0.379. The Morgan fingerprint density at radius 1 is 0.882 bits per heavy atom. The highest BCUT2D eigenvalue weighted by Crippen LogP contribution is 2.23. The molecule has 1 N–H and O–H groups in total. The van der Waals surface area contributed by atoms with Gasteiger partial charge in [-0.1, -0.05) is 43.3 Å². The van der Waals surface area contributed by atoms with Gasteiger partial charge in [0.05, 0.1) is 5.69 Å². The summed E-state index contributed by atoms with van der Waals surface area (Å²) in [7, 11) is 0. The van der Waals surface area contributed by atoms with Gasteiger partial charge in [0.2, 0.25) is 5.91 Å². The number of pyridine rings is 1. The van der Waals surface area contributed by atoms with E-state index in [-0.39, 0.29) is 5.91 Å². The maximum absolute atomic E-state index is 12.5. The van der Waals surface area contributed by atoms with Crippen LogP contribution in [0.5, 0.6) is 0 Å². The van der Waals surface area contributed by atoms with Crippen molar-refractivity contribution in [2.75, 3.05) is 5.32 Å². The van der Waals surface area contributed by atoms with Gasteiger partial charge < -0.3 is 5.32 Å². The number of nitrogens with zero attached hydrogens (tertiary/aromatic N) is 5. The fourth-order valence-corrected chi connectivity index (χ4v) is 3.80. The van der Waals surface area contributed by atoms with Crippen molar-refractivity contribution in [3.8, 4) is 22.6 Å². The van der Waals surface area contributed by atoms with E-state index in [0.717, 1.165) is 34.5 Å². The zero-order valence-electron chi connectivity index (χ0n) is 18.8. The molecule has 7 nitrogen and oxygen atoms in total. The van der Waals surface area contributed by atoms with Gasteiger partial charge in [0.1, 0.15) is 0 Å².